The van der Waals surface area contributed by atoms with E-state index in [-0.39, 0.29) is 0 Å². The van der Waals surface area contributed by atoms with Gasteiger partial charge in [0.2, 0.25) is 0 Å². The lowest BCUT2D eigenvalue weighted by Gasteiger charge is -2.27. The topological polar surface area (TPSA) is 8.17 Å². The number of anilines is 2. The van der Waals surface area contributed by atoms with Gasteiger partial charge in [0.1, 0.15) is 0 Å². The summed E-state index contributed by atoms with van der Waals surface area (Å²) in [5.41, 5.74) is 16.8. The van der Waals surface area contributed by atoms with Crippen molar-refractivity contribution < 1.29 is 0 Å². The van der Waals surface area contributed by atoms with Crippen LogP contribution in [-0.2, 0) is 6.42 Å². The molecule has 2 heterocycles. The summed E-state index contributed by atoms with van der Waals surface area (Å²) in [7, 11) is 0. The van der Waals surface area contributed by atoms with E-state index in [1.165, 1.54) is 88.0 Å². The number of hydrogen-bond donors (Lipinski definition) is 0. The van der Waals surface area contributed by atoms with Crippen molar-refractivity contribution in [3.05, 3.63) is 230 Å². The molecule has 0 N–H and O–H groups in total. The van der Waals surface area contributed by atoms with Gasteiger partial charge in [-0.3, -0.25) is 0 Å². The number of hydrogen-bond acceptors (Lipinski definition) is 1. The zero-order chi connectivity index (χ0) is 42.4. The fourth-order valence-electron chi connectivity index (χ4n) is 9.97. The van der Waals surface area contributed by atoms with E-state index in [2.05, 4.69) is 242 Å². The van der Waals surface area contributed by atoms with Gasteiger partial charge in [-0.25, -0.2) is 0 Å². The first kappa shape index (κ1) is 38.3. The summed E-state index contributed by atoms with van der Waals surface area (Å²) >= 11 is 0. The van der Waals surface area contributed by atoms with Gasteiger partial charge in [0, 0.05) is 39.9 Å². The second-order valence-corrected chi connectivity index (χ2v) is 17.2. The molecule has 302 valence electrons. The summed E-state index contributed by atoms with van der Waals surface area (Å²) in [5.74, 6) is 0.563. The van der Waals surface area contributed by atoms with Gasteiger partial charge in [-0.15, -0.1) is 0 Å². The number of fused-ring (bicyclic) bond motifs is 6. The van der Waals surface area contributed by atoms with Crippen LogP contribution in [0.5, 0.6) is 0 Å². The molecule has 1 aliphatic heterocycles. The zero-order valence-electron chi connectivity index (χ0n) is 35.8. The SMILES string of the molecule is C=C1/C=C\C=C/CN(c2ccc(-c3c4ccccc4c(-c4ccccc4)c4ccccc34)cc2)c2ccc(-c3ccc4c(c3)c3ccccc3n4-c3ccccc3CC(C)C)cc21. The van der Waals surface area contributed by atoms with Crippen molar-refractivity contribution in [2.24, 2.45) is 5.92 Å². The molecule has 1 aliphatic rings. The molecule has 0 atom stereocenters. The lowest BCUT2D eigenvalue weighted by Crippen LogP contribution is -2.18. The van der Waals surface area contributed by atoms with Crippen molar-refractivity contribution in [2.45, 2.75) is 20.3 Å². The van der Waals surface area contributed by atoms with Crippen LogP contribution in [0, 0.1) is 5.92 Å². The van der Waals surface area contributed by atoms with Gasteiger partial charge >= 0.3 is 0 Å². The summed E-state index contributed by atoms with van der Waals surface area (Å²) in [6.07, 6.45) is 9.64. The van der Waals surface area contributed by atoms with Crippen LogP contribution in [0.15, 0.2) is 219 Å². The van der Waals surface area contributed by atoms with Crippen LogP contribution in [0.2, 0.25) is 0 Å². The third-order valence-corrected chi connectivity index (χ3v) is 12.8. The van der Waals surface area contributed by atoms with Crippen molar-refractivity contribution in [3.8, 4) is 39.1 Å². The highest BCUT2D eigenvalue weighted by atomic mass is 15.1. The predicted molar refractivity (Wildman–Crippen MR) is 271 cm³/mol. The number of benzene rings is 9. The van der Waals surface area contributed by atoms with E-state index in [4.69, 9.17) is 0 Å². The van der Waals surface area contributed by atoms with Gasteiger partial charge in [0.25, 0.3) is 0 Å². The molecule has 0 spiro atoms. The number of aromatic nitrogens is 1. The fourth-order valence-corrected chi connectivity index (χ4v) is 9.97. The Morgan fingerprint density at radius 3 is 1.73 bits per heavy atom. The first-order chi connectivity index (χ1) is 31.0. The molecule has 0 radical (unpaired) electrons. The normalized spacial score (nSPS) is 14.0. The highest BCUT2D eigenvalue weighted by molar-refractivity contribution is 6.21. The van der Waals surface area contributed by atoms with Crippen LogP contribution in [-0.4, -0.2) is 11.1 Å². The summed E-state index contributed by atoms with van der Waals surface area (Å²) in [6, 6.07) is 69.3. The van der Waals surface area contributed by atoms with Gasteiger partial charge < -0.3 is 9.47 Å². The Bertz CT molecular complexity index is 3380. The van der Waals surface area contributed by atoms with E-state index in [1.54, 1.807) is 0 Å². The van der Waals surface area contributed by atoms with E-state index in [0.29, 0.717) is 5.92 Å². The monoisotopic (exact) mass is 808 g/mol. The molecule has 63 heavy (non-hydrogen) atoms. The van der Waals surface area contributed by atoms with Crippen LogP contribution < -0.4 is 4.90 Å². The molecule has 0 unspecified atom stereocenters. The standard InChI is InChI=1S/C61H48N2/c1-41(2)38-47-21-9-15-27-56(47)63-58-28-16-14-22-49(58)55-40-46(32-36-59(55)63)45-31-35-57-54(39-45)42(3)18-6-5-17-37-62(57)48-33-29-44(30-34-48)61-52-25-12-10-23-50(52)60(43-19-7-4-8-20-43)51-24-11-13-26-53(51)61/h4-36,39-41H,3,37-38H2,1-2H3/b17-5-,18-6-. The van der Waals surface area contributed by atoms with E-state index < -0.39 is 0 Å². The zero-order valence-corrected chi connectivity index (χ0v) is 35.8. The molecule has 0 bridgehead atoms. The first-order valence-corrected chi connectivity index (χ1v) is 22.2. The highest BCUT2D eigenvalue weighted by Gasteiger charge is 2.21. The fraction of sp³-hybridized carbons (Fsp3) is 0.0820. The average Bonchev–Trinajstić information content (AvgIpc) is 3.68. The number of allylic oxidation sites excluding steroid dienone is 4. The molecule has 0 fully saturated rings. The van der Waals surface area contributed by atoms with E-state index in [1.807, 2.05) is 0 Å². The molecule has 10 aromatic rings. The first-order valence-electron chi connectivity index (χ1n) is 22.2. The second kappa shape index (κ2) is 16.0. The third kappa shape index (κ3) is 6.76. The minimum absolute atomic E-state index is 0.563. The molecule has 1 aromatic heterocycles. The van der Waals surface area contributed by atoms with Crippen molar-refractivity contribution in [1.29, 1.82) is 0 Å². The lowest BCUT2D eigenvalue weighted by atomic mass is 9.86. The van der Waals surface area contributed by atoms with Crippen LogP contribution >= 0.6 is 0 Å². The van der Waals surface area contributed by atoms with Gasteiger partial charge in [-0.2, -0.15) is 0 Å². The van der Waals surface area contributed by atoms with Gasteiger partial charge in [0.15, 0.2) is 0 Å². The van der Waals surface area contributed by atoms with Crippen LogP contribution in [0.25, 0.3) is 88.0 Å². The Morgan fingerprint density at radius 1 is 0.476 bits per heavy atom. The van der Waals surface area contributed by atoms with E-state index >= 15 is 0 Å². The Morgan fingerprint density at radius 2 is 1.03 bits per heavy atom. The average molecular weight is 809 g/mol. The molecule has 2 heteroatoms. The van der Waals surface area contributed by atoms with Crippen molar-refractivity contribution in [1.82, 2.24) is 4.57 Å². The van der Waals surface area contributed by atoms with Gasteiger partial charge in [-0.05, 0) is 127 Å². The molecule has 11 rings (SSSR count). The highest BCUT2D eigenvalue weighted by Crippen LogP contribution is 2.45. The van der Waals surface area contributed by atoms with E-state index in [0.717, 1.165) is 35.5 Å². The predicted octanol–water partition coefficient (Wildman–Crippen LogP) is 16.6. The number of rotatable bonds is 7. The number of nitrogens with zero attached hydrogens (tertiary/aromatic N) is 2. The van der Waals surface area contributed by atoms with Crippen molar-refractivity contribution >= 4 is 60.3 Å². The molecule has 0 saturated heterocycles. The molecule has 0 saturated carbocycles. The maximum atomic E-state index is 4.61. The molecule has 0 aliphatic carbocycles. The Kier molecular flexibility index (Phi) is 9.70. The third-order valence-electron chi connectivity index (χ3n) is 12.8. The van der Waals surface area contributed by atoms with Crippen molar-refractivity contribution in [2.75, 3.05) is 11.4 Å². The lowest BCUT2D eigenvalue weighted by molar-refractivity contribution is 0.645. The second-order valence-electron chi connectivity index (χ2n) is 17.2. The Balaban J connectivity index is 1.000. The van der Waals surface area contributed by atoms with Crippen LogP contribution in [0.1, 0.15) is 25.0 Å². The minimum Gasteiger partial charge on any atom is -0.337 e. The molecule has 2 nitrogen and oxygen atoms in total. The summed E-state index contributed by atoms with van der Waals surface area (Å²) in [4.78, 5) is 2.41. The summed E-state index contributed by atoms with van der Waals surface area (Å²) in [6.45, 7) is 9.93. The molecular formula is C61H48N2. The van der Waals surface area contributed by atoms with Crippen LogP contribution in [0.4, 0.5) is 11.4 Å². The smallest absolute Gasteiger partial charge is 0.0541 e. The van der Waals surface area contributed by atoms with Crippen LogP contribution in [0.3, 0.4) is 0 Å². The number of para-hydroxylation sites is 2. The summed E-state index contributed by atoms with van der Waals surface area (Å²) < 4.78 is 2.46. The molecule has 9 aromatic carbocycles. The minimum atomic E-state index is 0.563. The van der Waals surface area contributed by atoms with Gasteiger partial charge in [0.05, 0.1) is 11.0 Å². The molecular weight excluding hydrogens is 761 g/mol. The maximum Gasteiger partial charge on any atom is 0.0541 e. The molecule has 0 amide bonds. The quantitative estimate of drug-likeness (QED) is 0.146. The maximum absolute atomic E-state index is 4.61. The Labute approximate surface area is 370 Å². The van der Waals surface area contributed by atoms with Crippen molar-refractivity contribution in [3.63, 3.8) is 0 Å². The summed E-state index contributed by atoms with van der Waals surface area (Å²) in [5, 5.41) is 7.56. The Hall–Kier alpha value is -7.68. The largest absolute Gasteiger partial charge is 0.337 e. The van der Waals surface area contributed by atoms with E-state index in [9.17, 15) is 0 Å². The van der Waals surface area contributed by atoms with Gasteiger partial charge in [-0.1, -0.05) is 184 Å².